The van der Waals surface area contributed by atoms with Crippen LogP contribution in [-0.4, -0.2) is 60.2 Å². The Balaban J connectivity index is 0.929. The Bertz CT molecular complexity index is 1810. The maximum absolute atomic E-state index is 12.6. The van der Waals surface area contributed by atoms with Crippen LogP contribution in [0.3, 0.4) is 0 Å². The third-order valence-electron chi connectivity index (χ3n) is 8.93. The predicted molar refractivity (Wildman–Crippen MR) is 215 cm³/mol. The highest BCUT2D eigenvalue weighted by molar-refractivity contribution is 5.97. The molecule has 0 aromatic heterocycles. The molecule has 2 heterocycles. The molecule has 6 rings (SSSR count). The first kappa shape index (κ1) is 37.8. The molecule has 0 saturated heterocycles. The fraction of sp³-hybridized carbons (Fsp3) is 0.318. The van der Waals surface area contributed by atoms with Crippen LogP contribution in [0.2, 0.25) is 0 Å². The first-order valence-corrected chi connectivity index (χ1v) is 18.8. The lowest BCUT2D eigenvalue weighted by Gasteiger charge is -2.19. The molecule has 10 heteroatoms. The molecule has 280 valence electrons. The fourth-order valence-electron chi connectivity index (χ4n) is 6.33. The number of anilines is 2. The number of carbonyl (C=O) groups is 2. The van der Waals surface area contributed by atoms with Gasteiger partial charge in [0, 0.05) is 23.5 Å². The van der Waals surface area contributed by atoms with Crippen LogP contribution in [0.25, 0.3) is 0 Å². The van der Waals surface area contributed by atoms with Gasteiger partial charge in [-0.15, -0.1) is 0 Å². The Hall–Kier alpha value is -5.90. The molecule has 0 atom stereocenters. The minimum Gasteiger partial charge on any atom is -0.333 e. The second-order valence-electron chi connectivity index (χ2n) is 14.6. The van der Waals surface area contributed by atoms with Crippen molar-refractivity contribution in [3.8, 4) is 0 Å². The average molecular weight is 727 g/mol. The highest BCUT2D eigenvalue weighted by Crippen LogP contribution is 2.19. The summed E-state index contributed by atoms with van der Waals surface area (Å²) in [6, 6.07) is 33.8. The predicted octanol–water partition coefficient (Wildman–Crippen LogP) is 7.61. The van der Waals surface area contributed by atoms with Crippen molar-refractivity contribution in [3.05, 3.63) is 143 Å². The van der Waals surface area contributed by atoms with Gasteiger partial charge in [-0.1, -0.05) is 100 Å². The number of rotatable bonds is 14. The number of benzene rings is 4. The summed E-state index contributed by atoms with van der Waals surface area (Å²) in [6.45, 7) is 10.6. The van der Waals surface area contributed by atoms with Crippen LogP contribution in [-0.2, 0) is 44.9 Å². The van der Waals surface area contributed by atoms with E-state index in [9.17, 15) is 9.59 Å². The summed E-state index contributed by atoms with van der Waals surface area (Å²) in [4.78, 5) is 45.1. The van der Waals surface area contributed by atoms with Gasteiger partial charge in [-0.3, -0.25) is 0 Å². The van der Waals surface area contributed by atoms with E-state index in [1.54, 1.807) is 0 Å². The van der Waals surface area contributed by atoms with Gasteiger partial charge in [0.1, 0.15) is 0 Å². The van der Waals surface area contributed by atoms with Crippen LogP contribution >= 0.6 is 0 Å². The minimum atomic E-state index is -0.724. The zero-order valence-corrected chi connectivity index (χ0v) is 31.6. The van der Waals surface area contributed by atoms with Crippen molar-refractivity contribution in [2.75, 3.05) is 36.8 Å². The summed E-state index contributed by atoms with van der Waals surface area (Å²) in [5.74, 6) is 0.660. The van der Waals surface area contributed by atoms with Gasteiger partial charge in [0.2, 0.25) is 11.9 Å². The number of hydrogen-bond donors (Lipinski definition) is 2. The molecule has 0 radical (unpaired) electrons. The number of carbonyl (C=O) groups excluding carboxylic acids is 2. The molecule has 2 N–H and O–H groups in total. The van der Waals surface area contributed by atoms with Crippen LogP contribution in [0, 0.1) is 11.8 Å². The zero-order valence-electron chi connectivity index (χ0n) is 31.6. The Labute approximate surface area is 318 Å². The average Bonchev–Trinajstić information content (AvgIpc) is 3.78. The third kappa shape index (κ3) is 11.3. The van der Waals surface area contributed by atoms with Crippen molar-refractivity contribution >= 4 is 35.2 Å². The maximum atomic E-state index is 12.6. The van der Waals surface area contributed by atoms with Crippen LogP contribution in [0.5, 0.6) is 0 Å². The summed E-state index contributed by atoms with van der Waals surface area (Å²) >= 11 is 0. The van der Waals surface area contributed by atoms with Crippen LogP contribution in [0.1, 0.15) is 61.1 Å². The van der Waals surface area contributed by atoms with Gasteiger partial charge in [-0.25, -0.2) is 19.6 Å². The molecule has 54 heavy (non-hydrogen) atoms. The molecule has 10 nitrogen and oxygen atoms in total. The molecule has 2 aliphatic rings. The van der Waals surface area contributed by atoms with Gasteiger partial charge < -0.3 is 20.3 Å². The number of hydrogen-bond acceptors (Lipinski definition) is 10. The molecular formula is C44H50N6O4. The Morgan fingerprint density at radius 1 is 0.556 bits per heavy atom. The summed E-state index contributed by atoms with van der Waals surface area (Å²) in [6.07, 6.45) is 5.93. The topological polar surface area (TPSA) is 108 Å². The quantitative estimate of drug-likeness (QED) is 0.128. The number of hydroxylamine groups is 4. The second-order valence-corrected chi connectivity index (χ2v) is 14.6. The molecule has 4 aromatic rings. The third-order valence-corrected chi connectivity index (χ3v) is 8.93. The molecule has 0 amide bonds. The van der Waals surface area contributed by atoms with Crippen molar-refractivity contribution < 1.29 is 19.3 Å². The number of guanidine groups is 2. The number of aliphatic imine (C=N–C) groups is 2. The van der Waals surface area contributed by atoms with Gasteiger partial charge in [0.15, 0.2) is 0 Å². The molecule has 0 bridgehead atoms. The highest BCUT2D eigenvalue weighted by Gasteiger charge is 2.23. The lowest BCUT2D eigenvalue weighted by Crippen LogP contribution is -2.35. The van der Waals surface area contributed by atoms with Crippen molar-refractivity contribution in [2.24, 2.45) is 21.8 Å². The van der Waals surface area contributed by atoms with Crippen molar-refractivity contribution in [1.82, 2.24) is 10.1 Å². The standard InChI is InChI=1S/C44H50N6O4/c1-31(2)27-33-5-9-35(10-6-33)29-37-13-17-39(18-14-37)47-43-45-23-25-49(43)53-41(51)21-22-42(52)54-50-26-24-46-44(50)48-40-19-15-38(16-20-40)30-36-11-7-34(8-12-36)28-32(3)4/h5-22,31-32H,23-30H2,1-4H3,(H,45,47)(H,46,48)/b22-21+. The lowest BCUT2D eigenvalue weighted by molar-refractivity contribution is -0.167. The summed E-state index contributed by atoms with van der Waals surface area (Å²) in [7, 11) is 0. The van der Waals surface area contributed by atoms with Gasteiger partial charge >= 0.3 is 11.9 Å². The SMILES string of the molecule is CC(C)Cc1ccc(Cc2ccc(NC3=NCCN3OC(=O)/C=C/C(=O)ON3CCN=C3Nc3ccc(Cc4ccc(CC(C)C)cc4)cc3)cc2)cc1. The Morgan fingerprint density at radius 3 is 1.20 bits per heavy atom. The molecule has 0 spiro atoms. The molecule has 0 unspecified atom stereocenters. The molecule has 0 aliphatic carbocycles. The van der Waals surface area contributed by atoms with Crippen LogP contribution in [0.4, 0.5) is 11.4 Å². The fourth-order valence-corrected chi connectivity index (χ4v) is 6.33. The zero-order chi connectivity index (χ0) is 37.9. The highest BCUT2D eigenvalue weighted by atomic mass is 16.7. The normalized spacial score (nSPS) is 14.1. The Kier molecular flexibility index (Phi) is 12.8. The summed E-state index contributed by atoms with van der Waals surface area (Å²) in [5.41, 5.74) is 9.27. The van der Waals surface area contributed by atoms with Gasteiger partial charge in [-0.2, -0.15) is 10.1 Å². The van der Waals surface area contributed by atoms with E-state index in [0.29, 0.717) is 49.9 Å². The van der Waals surface area contributed by atoms with E-state index in [-0.39, 0.29) is 0 Å². The molecule has 4 aromatic carbocycles. The first-order chi connectivity index (χ1) is 26.1. The lowest BCUT2D eigenvalue weighted by atomic mass is 9.99. The molecule has 2 aliphatic heterocycles. The number of nitrogens with zero attached hydrogens (tertiary/aromatic N) is 4. The van der Waals surface area contributed by atoms with E-state index in [4.69, 9.17) is 9.68 Å². The van der Waals surface area contributed by atoms with Gasteiger partial charge in [0.05, 0.1) is 26.2 Å². The molecule has 0 saturated carbocycles. The van der Waals surface area contributed by atoms with E-state index in [0.717, 1.165) is 49.2 Å². The van der Waals surface area contributed by atoms with E-state index >= 15 is 0 Å². The largest absolute Gasteiger partial charge is 0.356 e. The van der Waals surface area contributed by atoms with Crippen molar-refractivity contribution in [1.29, 1.82) is 0 Å². The minimum absolute atomic E-state index is 0.392. The first-order valence-electron chi connectivity index (χ1n) is 18.8. The number of nitrogens with one attached hydrogen (secondary N) is 2. The van der Waals surface area contributed by atoms with E-state index in [2.05, 4.69) is 121 Å². The van der Waals surface area contributed by atoms with Crippen molar-refractivity contribution in [2.45, 2.75) is 53.4 Å². The summed E-state index contributed by atoms with van der Waals surface area (Å²) in [5, 5.41) is 9.22. The monoisotopic (exact) mass is 726 g/mol. The van der Waals surface area contributed by atoms with Gasteiger partial charge in [0.25, 0.3) is 0 Å². The van der Waals surface area contributed by atoms with E-state index in [1.165, 1.54) is 43.5 Å². The van der Waals surface area contributed by atoms with E-state index < -0.39 is 11.9 Å². The Morgan fingerprint density at radius 2 is 0.870 bits per heavy atom. The van der Waals surface area contributed by atoms with Crippen molar-refractivity contribution in [3.63, 3.8) is 0 Å². The maximum Gasteiger partial charge on any atom is 0.356 e. The molecular weight excluding hydrogens is 677 g/mol. The van der Waals surface area contributed by atoms with Gasteiger partial charge in [-0.05, 0) is 95.2 Å². The smallest absolute Gasteiger partial charge is 0.333 e. The second kappa shape index (κ2) is 18.2. The molecule has 0 fully saturated rings. The summed E-state index contributed by atoms with van der Waals surface area (Å²) < 4.78 is 0. The van der Waals surface area contributed by atoms with Crippen LogP contribution in [0.15, 0.2) is 119 Å². The van der Waals surface area contributed by atoms with E-state index in [1.807, 2.05) is 24.3 Å². The van der Waals surface area contributed by atoms with Crippen LogP contribution < -0.4 is 10.6 Å².